The fourth-order valence-corrected chi connectivity index (χ4v) is 3.56. The number of hydrogen-bond acceptors (Lipinski definition) is 5. The van der Waals surface area contributed by atoms with Gasteiger partial charge in [-0.05, 0) is 48.4 Å². The van der Waals surface area contributed by atoms with Crippen LogP contribution in [-0.2, 0) is 11.3 Å². The monoisotopic (exact) mass is 406 g/mol. The number of hydrogen-bond donors (Lipinski definition) is 0. The molecular formula is C24H30N4O2. The number of aromatic nitrogens is 2. The third kappa shape index (κ3) is 5.26. The summed E-state index contributed by atoms with van der Waals surface area (Å²) in [5.41, 5.74) is 3.13. The lowest BCUT2D eigenvalue weighted by Gasteiger charge is -2.26. The number of nitrogens with zero attached hydrogens (tertiary/aromatic N) is 4. The van der Waals surface area contributed by atoms with Crippen LogP contribution in [0.5, 0.6) is 5.75 Å². The van der Waals surface area contributed by atoms with E-state index in [1.807, 2.05) is 42.6 Å². The molecule has 6 heteroatoms. The van der Waals surface area contributed by atoms with E-state index in [4.69, 9.17) is 19.5 Å². The lowest BCUT2D eigenvalue weighted by atomic mass is 10.2. The summed E-state index contributed by atoms with van der Waals surface area (Å²) in [5.74, 6) is 1.64. The molecule has 2 aromatic carbocycles. The molecular weight excluding hydrogens is 376 g/mol. The molecule has 0 radical (unpaired) electrons. The molecule has 0 saturated carbocycles. The number of imidazole rings is 1. The Morgan fingerprint density at radius 3 is 2.67 bits per heavy atom. The standard InChI is InChI=1S/C24H30N4O2/c1-2-3-16-30-21-10-8-20(9-11-21)19-25-24-26-22-6-4-5-7-23(22)28(24)13-12-27-14-17-29-18-15-27/h4-11,19H,2-3,12-18H2,1H3. The summed E-state index contributed by atoms with van der Waals surface area (Å²) in [6, 6.07) is 16.3. The first-order chi connectivity index (χ1) is 14.8. The number of benzene rings is 2. The van der Waals surface area contributed by atoms with Gasteiger partial charge in [0.25, 0.3) is 0 Å². The van der Waals surface area contributed by atoms with Gasteiger partial charge in [0, 0.05) is 32.4 Å². The number of morpholine rings is 1. The van der Waals surface area contributed by atoms with Crippen molar-refractivity contribution in [1.82, 2.24) is 14.5 Å². The Morgan fingerprint density at radius 1 is 1.07 bits per heavy atom. The average molecular weight is 407 g/mol. The van der Waals surface area contributed by atoms with Crippen molar-refractivity contribution in [2.24, 2.45) is 4.99 Å². The Labute approximate surface area is 178 Å². The summed E-state index contributed by atoms with van der Waals surface area (Å²) in [4.78, 5) is 11.9. The fourth-order valence-electron chi connectivity index (χ4n) is 3.56. The van der Waals surface area contributed by atoms with Gasteiger partial charge in [-0.2, -0.15) is 0 Å². The van der Waals surface area contributed by atoms with E-state index in [-0.39, 0.29) is 0 Å². The molecule has 0 spiro atoms. The van der Waals surface area contributed by atoms with Crippen LogP contribution < -0.4 is 4.74 Å². The number of ether oxygens (including phenoxy) is 2. The highest BCUT2D eigenvalue weighted by Crippen LogP contribution is 2.22. The predicted molar refractivity (Wildman–Crippen MR) is 121 cm³/mol. The Hall–Kier alpha value is -2.70. The number of para-hydroxylation sites is 2. The van der Waals surface area contributed by atoms with E-state index in [1.54, 1.807) is 0 Å². The fraction of sp³-hybridized carbons (Fsp3) is 0.417. The van der Waals surface area contributed by atoms with Crippen LogP contribution in [0.4, 0.5) is 5.95 Å². The quantitative estimate of drug-likeness (QED) is 0.393. The van der Waals surface area contributed by atoms with Crippen LogP contribution in [0.1, 0.15) is 25.3 Å². The minimum absolute atomic E-state index is 0.743. The third-order valence-corrected chi connectivity index (χ3v) is 5.35. The van der Waals surface area contributed by atoms with E-state index >= 15 is 0 Å². The van der Waals surface area contributed by atoms with Crippen molar-refractivity contribution < 1.29 is 9.47 Å². The summed E-state index contributed by atoms with van der Waals surface area (Å²) < 4.78 is 13.4. The summed E-state index contributed by atoms with van der Waals surface area (Å²) in [7, 11) is 0. The first-order valence-electron chi connectivity index (χ1n) is 10.9. The molecule has 0 bridgehead atoms. The van der Waals surface area contributed by atoms with Crippen LogP contribution in [-0.4, -0.2) is 60.1 Å². The van der Waals surface area contributed by atoms with Crippen molar-refractivity contribution in [3.63, 3.8) is 0 Å². The molecule has 0 atom stereocenters. The van der Waals surface area contributed by atoms with Crippen molar-refractivity contribution in [3.8, 4) is 5.75 Å². The van der Waals surface area contributed by atoms with Crippen LogP contribution in [0.25, 0.3) is 11.0 Å². The van der Waals surface area contributed by atoms with Crippen molar-refractivity contribution in [2.75, 3.05) is 39.5 Å². The Morgan fingerprint density at radius 2 is 1.87 bits per heavy atom. The van der Waals surface area contributed by atoms with Gasteiger partial charge in [-0.1, -0.05) is 25.5 Å². The minimum Gasteiger partial charge on any atom is -0.494 e. The van der Waals surface area contributed by atoms with Gasteiger partial charge in [0.1, 0.15) is 5.75 Å². The van der Waals surface area contributed by atoms with Gasteiger partial charge in [0.2, 0.25) is 5.95 Å². The van der Waals surface area contributed by atoms with Gasteiger partial charge in [0.15, 0.2) is 0 Å². The molecule has 0 unspecified atom stereocenters. The summed E-state index contributed by atoms with van der Waals surface area (Å²) in [6.07, 6.45) is 4.09. The van der Waals surface area contributed by atoms with Crippen LogP contribution >= 0.6 is 0 Å². The van der Waals surface area contributed by atoms with Gasteiger partial charge in [-0.3, -0.25) is 4.90 Å². The first-order valence-corrected chi connectivity index (χ1v) is 10.9. The zero-order chi connectivity index (χ0) is 20.6. The molecule has 30 heavy (non-hydrogen) atoms. The molecule has 3 aromatic rings. The van der Waals surface area contributed by atoms with Gasteiger partial charge in [-0.25, -0.2) is 9.98 Å². The second-order valence-electron chi connectivity index (χ2n) is 7.54. The molecule has 158 valence electrons. The van der Waals surface area contributed by atoms with Crippen molar-refractivity contribution >= 4 is 23.2 Å². The van der Waals surface area contributed by atoms with E-state index in [9.17, 15) is 0 Å². The molecule has 1 aromatic heterocycles. The second-order valence-corrected chi connectivity index (χ2v) is 7.54. The van der Waals surface area contributed by atoms with Crippen molar-refractivity contribution in [2.45, 2.75) is 26.3 Å². The minimum atomic E-state index is 0.743. The van der Waals surface area contributed by atoms with Crippen LogP contribution in [0, 0.1) is 0 Å². The van der Waals surface area contributed by atoms with E-state index in [0.29, 0.717) is 0 Å². The molecule has 0 aliphatic carbocycles. The molecule has 0 amide bonds. The molecule has 6 nitrogen and oxygen atoms in total. The van der Waals surface area contributed by atoms with Gasteiger partial charge in [-0.15, -0.1) is 0 Å². The summed E-state index contributed by atoms with van der Waals surface area (Å²) >= 11 is 0. The van der Waals surface area contributed by atoms with Gasteiger partial charge >= 0.3 is 0 Å². The molecule has 2 heterocycles. The maximum absolute atomic E-state index is 5.74. The van der Waals surface area contributed by atoms with Crippen molar-refractivity contribution in [1.29, 1.82) is 0 Å². The number of rotatable bonds is 9. The lowest BCUT2D eigenvalue weighted by molar-refractivity contribution is 0.0366. The molecule has 4 rings (SSSR count). The van der Waals surface area contributed by atoms with Gasteiger partial charge in [0.05, 0.1) is 30.9 Å². The molecule has 1 aliphatic heterocycles. The molecule has 0 N–H and O–H groups in total. The van der Waals surface area contributed by atoms with E-state index in [1.165, 1.54) is 0 Å². The molecule has 1 fully saturated rings. The third-order valence-electron chi connectivity index (χ3n) is 5.35. The van der Waals surface area contributed by atoms with Crippen LogP contribution in [0.15, 0.2) is 53.5 Å². The zero-order valence-corrected chi connectivity index (χ0v) is 17.7. The maximum Gasteiger partial charge on any atom is 0.230 e. The highest BCUT2D eigenvalue weighted by molar-refractivity contribution is 5.83. The van der Waals surface area contributed by atoms with Crippen LogP contribution in [0.2, 0.25) is 0 Å². The van der Waals surface area contributed by atoms with Crippen molar-refractivity contribution in [3.05, 3.63) is 54.1 Å². The number of unbranched alkanes of at least 4 members (excludes halogenated alkanes) is 1. The molecule has 1 aliphatic rings. The predicted octanol–water partition coefficient (Wildman–Crippen LogP) is 4.30. The highest BCUT2D eigenvalue weighted by atomic mass is 16.5. The smallest absolute Gasteiger partial charge is 0.230 e. The van der Waals surface area contributed by atoms with E-state index < -0.39 is 0 Å². The normalized spacial score (nSPS) is 15.2. The second kappa shape index (κ2) is 10.4. The largest absolute Gasteiger partial charge is 0.494 e. The summed E-state index contributed by atoms with van der Waals surface area (Å²) in [6.45, 7) is 8.35. The molecule has 1 saturated heterocycles. The summed E-state index contributed by atoms with van der Waals surface area (Å²) in [5, 5.41) is 0. The Balaban J connectivity index is 1.48. The first kappa shape index (κ1) is 20.6. The SMILES string of the molecule is CCCCOc1ccc(C=Nc2nc3ccccc3n2CCN2CCOCC2)cc1. The lowest BCUT2D eigenvalue weighted by Crippen LogP contribution is -2.38. The highest BCUT2D eigenvalue weighted by Gasteiger charge is 2.13. The Bertz CT molecular complexity index is 959. The van der Waals surface area contributed by atoms with E-state index in [0.717, 1.165) is 87.1 Å². The van der Waals surface area contributed by atoms with Gasteiger partial charge < -0.3 is 14.0 Å². The topological polar surface area (TPSA) is 51.9 Å². The van der Waals surface area contributed by atoms with E-state index in [2.05, 4.69) is 28.5 Å². The average Bonchev–Trinajstić information content (AvgIpc) is 3.15. The maximum atomic E-state index is 5.74. The van der Waals surface area contributed by atoms with Crippen LogP contribution in [0.3, 0.4) is 0 Å². The Kier molecular flexibility index (Phi) is 7.11. The number of fused-ring (bicyclic) bond motifs is 1. The number of aliphatic imine (C=N–C) groups is 1. The zero-order valence-electron chi connectivity index (χ0n) is 17.7.